The molecule has 2 fully saturated rings. The Balaban J connectivity index is 1.92. The van der Waals surface area contributed by atoms with Gasteiger partial charge in [0.2, 0.25) is 11.8 Å². The van der Waals surface area contributed by atoms with Crippen molar-refractivity contribution >= 4 is 39.0 Å². The van der Waals surface area contributed by atoms with E-state index in [-0.39, 0.29) is 17.9 Å². The molecule has 1 saturated carbocycles. The summed E-state index contributed by atoms with van der Waals surface area (Å²) in [5.41, 5.74) is 1.61. The van der Waals surface area contributed by atoms with Gasteiger partial charge < -0.3 is 10.4 Å². The lowest BCUT2D eigenvalue weighted by molar-refractivity contribution is -0.742. The van der Waals surface area contributed by atoms with E-state index in [0.29, 0.717) is 10.6 Å². The van der Waals surface area contributed by atoms with E-state index in [1.165, 1.54) is 0 Å². The molecule has 2 heterocycles. The molecule has 4 nitrogen and oxygen atoms in total. The van der Waals surface area contributed by atoms with Crippen molar-refractivity contribution in [3.8, 4) is 0 Å². The summed E-state index contributed by atoms with van der Waals surface area (Å²) in [6, 6.07) is 11.7. The second-order valence-electron chi connectivity index (χ2n) is 7.39. The molecule has 3 unspecified atom stereocenters. The third kappa shape index (κ3) is 3.27. The van der Waals surface area contributed by atoms with Crippen LogP contribution in [-0.2, 0) is 0 Å². The largest absolute Gasteiger partial charge is 0.365 e. The molecular formula is C21H21BrN3OS+. The Labute approximate surface area is 172 Å². The predicted molar refractivity (Wildman–Crippen MR) is 112 cm³/mol. The minimum atomic E-state index is -1.16. The maximum Gasteiger partial charge on any atom is 0.216 e. The molecule has 27 heavy (non-hydrogen) atoms. The lowest BCUT2D eigenvalue weighted by atomic mass is 9.75. The van der Waals surface area contributed by atoms with E-state index < -0.39 is 5.72 Å². The number of aryl methyl sites for hydroxylation is 1. The van der Waals surface area contributed by atoms with E-state index in [0.717, 1.165) is 28.4 Å². The van der Waals surface area contributed by atoms with Crippen LogP contribution in [-0.4, -0.2) is 21.7 Å². The van der Waals surface area contributed by atoms with Gasteiger partial charge in [-0.15, -0.1) is 0 Å². The van der Waals surface area contributed by atoms with Crippen molar-refractivity contribution in [2.75, 3.05) is 0 Å². The second-order valence-corrected chi connectivity index (χ2v) is 8.71. The number of halogens is 1. The van der Waals surface area contributed by atoms with Crippen LogP contribution < -0.4 is 9.88 Å². The van der Waals surface area contributed by atoms with E-state index >= 15 is 0 Å². The number of aromatic nitrogens is 1. The number of nitrogens with one attached hydrogen (secondary N) is 2. The smallest absolute Gasteiger partial charge is 0.216 e. The van der Waals surface area contributed by atoms with Crippen LogP contribution in [0.4, 0.5) is 0 Å². The molecule has 138 valence electrons. The number of thiocarbonyl (C=S) groups is 1. The van der Waals surface area contributed by atoms with E-state index in [9.17, 15) is 5.11 Å². The Morgan fingerprint density at radius 1 is 1.22 bits per heavy atom. The minimum Gasteiger partial charge on any atom is -0.365 e. The Kier molecular flexibility index (Phi) is 4.77. The standard InChI is InChI=1S/C21H20BrN3OS/c1-13-8-10-25(11-9-13)19-18(14-2-6-16(22)7-3-14)17(12-23)20(27)24-21(19,26)15-4-5-15/h2-3,6-11,15,18-19,23,26H,4-5H2,1H3/p+1. The summed E-state index contributed by atoms with van der Waals surface area (Å²) >= 11 is 9.02. The average Bonchev–Trinajstić information content (AvgIpc) is 3.49. The molecule has 4 rings (SSSR count). The number of pyridine rings is 1. The molecule has 3 N–H and O–H groups in total. The van der Waals surface area contributed by atoms with Crippen molar-refractivity contribution < 1.29 is 9.67 Å². The summed E-state index contributed by atoms with van der Waals surface area (Å²) in [7, 11) is 0. The molecule has 1 saturated heterocycles. The first-order valence-corrected chi connectivity index (χ1v) is 10.2. The molecule has 0 bridgehead atoms. The average molecular weight is 443 g/mol. The van der Waals surface area contributed by atoms with Gasteiger partial charge in [-0.05, 0) is 48.9 Å². The number of aliphatic hydroxyl groups is 1. The van der Waals surface area contributed by atoms with Crippen LogP contribution in [0.3, 0.4) is 0 Å². The molecule has 2 aromatic rings. The molecule has 1 aliphatic carbocycles. The van der Waals surface area contributed by atoms with Crippen molar-refractivity contribution in [1.82, 2.24) is 5.32 Å². The topological polar surface area (TPSA) is 60.0 Å². The first-order chi connectivity index (χ1) is 12.9. The van der Waals surface area contributed by atoms with Crippen LogP contribution in [0, 0.1) is 18.3 Å². The fourth-order valence-electron chi connectivity index (χ4n) is 3.99. The normalized spacial score (nSPS) is 27.8. The van der Waals surface area contributed by atoms with Crippen LogP contribution in [0.25, 0.3) is 0 Å². The molecule has 1 aromatic heterocycles. The predicted octanol–water partition coefficient (Wildman–Crippen LogP) is 3.57. The Morgan fingerprint density at radius 3 is 2.41 bits per heavy atom. The fourth-order valence-corrected chi connectivity index (χ4v) is 4.60. The second kappa shape index (κ2) is 6.95. The van der Waals surface area contributed by atoms with E-state index in [1.807, 2.05) is 60.3 Å². The summed E-state index contributed by atoms with van der Waals surface area (Å²) in [6.45, 7) is 2.04. The monoisotopic (exact) mass is 442 g/mol. The maximum absolute atomic E-state index is 11.7. The number of nitrogens with zero attached hydrogens (tertiary/aromatic N) is 1. The third-order valence-electron chi connectivity index (χ3n) is 5.54. The van der Waals surface area contributed by atoms with Gasteiger partial charge in [0.1, 0.15) is 4.99 Å². The van der Waals surface area contributed by atoms with Gasteiger partial charge in [0, 0.05) is 22.5 Å². The van der Waals surface area contributed by atoms with Crippen LogP contribution in [0.2, 0.25) is 0 Å². The highest BCUT2D eigenvalue weighted by Gasteiger charge is 2.61. The Morgan fingerprint density at radius 2 is 1.85 bits per heavy atom. The molecule has 0 amide bonds. The van der Waals surface area contributed by atoms with E-state index in [2.05, 4.69) is 27.1 Å². The van der Waals surface area contributed by atoms with E-state index in [4.69, 9.17) is 17.6 Å². The minimum absolute atomic E-state index is 0.138. The van der Waals surface area contributed by atoms with Gasteiger partial charge in [-0.3, -0.25) is 5.41 Å². The highest BCUT2D eigenvalue weighted by molar-refractivity contribution is 9.10. The lowest BCUT2D eigenvalue weighted by Crippen LogP contribution is -2.68. The van der Waals surface area contributed by atoms with Crippen LogP contribution >= 0.6 is 28.1 Å². The summed E-state index contributed by atoms with van der Waals surface area (Å²) in [4.78, 5) is 0.413. The molecular weight excluding hydrogens is 422 g/mol. The van der Waals surface area contributed by atoms with Gasteiger partial charge >= 0.3 is 0 Å². The van der Waals surface area contributed by atoms with Gasteiger partial charge in [0.25, 0.3) is 0 Å². The van der Waals surface area contributed by atoms with Crippen LogP contribution in [0.1, 0.15) is 35.9 Å². The molecule has 3 atom stereocenters. The number of hydrogen-bond donors (Lipinski definition) is 3. The van der Waals surface area contributed by atoms with Gasteiger partial charge in [0.15, 0.2) is 12.4 Å². The molecule has 0 radical (unpaired) electrons. The zero-order chi connectivity index (χ0) is 19.2. The summed E-state index contributed by atoms with van der Waals surface area (Å²) in [6.07, 6.45) is 5.92. The van der Waals surface area contributed by atoms with Crippen molar-refractivity contribution in [2.24, 2.45) is 5.92 Å². The first kappa shape index (κ1) is 18.5. The number of rotatable bonds is 3. The summed E-state index contributed by atoms with van der Waals surface area (Å²) in [5.74, 6) is 2.43. The molecule has 2 aliphatic rings. The molecule has 6 heteroatoms. The van der Waals surface area contributed by atoms with E-state index in [1.54, 1.807) is 0 Å². The maximum atomic E-state index is 11.7. The van der Waals surface area contributed by atoms with Crippen molar-refractivity contribution in [3.05, 3.63) is 70.0 Å². The highest BCUT2D eigenvalue weighted by Crippen LogP contribution is 2.50. The molecule has 0 spiro atoms. The zero-order valence-electron chi connectivity index (χ0n) is 14.9. The molecule has 1 aromatic carbocycles. The third-order valence-corrected chi connectivity index (χ3v) is 6.39. The first-order valence-electron chi connectivity index (χ1n) is 9.01. The Bertz CT molecular complexity index is 933. The molecule has 1 aliphatic heterocycles. The van der Waals surface area contributed by atoms with Gasteiger partial charge in [-0.25, -0.2) is 0 Å². The number of piperidine rings is 1. The highest BCUT2D eigenvalue weighted by atomic mass is 79.9. The summed E-state index contributed by atoms with van der Waals surface area (Å²) in [5, 5.41) is 22.8. The van der Waals surface area contributed by atoms with Gasteiger partial charge in [-0.2, -0.15) is 4.57 Å². The van der Waals surface area contributed by atoms with Crippen molar-refractivity contribution in [2.45, 2.75) is 37.5 Å². The van der Waals surface area contributed by atoms with Crippen LogP contribution in [0.5, 0.6) is 0 Å². The SMILES string of the molecule is Cc1cc[n+](C2C(c3ccc(Br)cc3)C(=C=N)C(=S)NC2(O)C2CC2)cc1. The fraction of sp³-hybridized carbons (Fsp3) is 0.333. The zero-order valence-corrected chi connectivity index (χ0v) is 17.3. The Hall–Kier alpha value is -1.85. The van der Waals surface area contributed by atoms with Crippen molar-refractivity contribution in [3.63, 3.8) is 0 Å². The lowest BCUT2D eigenvalue weighted by Gasteiger charge is -2.43. The van der Waals surface area contributed by atoms with Gasteiger partial charge in [0.05, 0.1) is 11.5 Å². The quantitative estimate of drug-likeness (QED) is 0.294. The number of hydrogen-bond acceptors (Lipinski definition) is 3. The van der Waals surface area contributed by atoms with Crippen LogP contribution in [0.15, 0.2) is 58.8 Å². The summed E-state index contributed by atoms with van der Waals surface area (Å²) < 4.78 is 3.03. The van der Waals surface area contributed by atoms with Crippen molar-refractivity contribution in [1.29, 1.82) is 5.41 Å². The number of benzene rings is 1. The van der Waals surface area contributed by atoms with Gasteiger partial charge in [-0.1, -0.05) is 40.3 Å².